The molecule has 2 N–H and O–H groups in total. The van der Waals surface area contributed by atoms with E-state index in [1.807, 2.05) is 0 Å². The summed E-state index contributed by atoms with van der Waals surface area (Å²) in [4.78, 5) is 13.7. The fraction of sp³-hybridized carbons (Fsp3) is 0. The van der Waals surface area contributed by atoms with Crippen LogP contribution in [0.4, 0.5) is 5.88 Å². The first-order valence-electron chi connectivity index (χ1n) is 5.30. The first-order valence-corrected chi connectivity index (χ1v) is 5.68. The van der Waals surface area contributed by atoms with Crippen LogP contribution in [0, 0.1) is 10.1 Å². The number of nitrogens with zero attached hydrogens (tertiary/aromatic N) is 4. The van der Waals surface area contributed by atoms with E-state index in [4.69, 9.17) is 21.8 Å². The van der Waals surface area contributed by atoms with Crippen molar-refractivity contribution in [2.24, 2.45) is 15.9 Å². The average molecular weight is 294 g/mol. The van der Waals surface area contributed by atoms with E-state index in [1.165, 1.54) is 18.3 Å². The molecule has 20 heavy (non-hydrogen) atoms. The van der Waals surface area contributed by atoms with E-state index in [-0.39, 0.29) is 22.6 Å². The molecule has 0 atom stereocenters. The third-order valence-corrected chi connectivity index (χ3v) is 2.33. The van der Waals surface area contributed by atoms with Gasteiger partial charge in [0, 0.05) is 0 Å². The molecule has 0 saturated carbocycles. The van der Waals surface area contributed by atoms with Crippen LogP contribution in [0.3, 0.4) is 0 Å². The van der Waals surface area contributed by atoms with Crippen molar-refractivity contribution in [1.82, 2.24) is 4.98 Å². The molecule has 8 nitrogen and oxygen atoms in total. The molecule has 0 amide bonds. The molecule has 0 fully saturated rings. The van der Waals surface area contributed by atoms with Gasteiger partial charge in [-0.2, -0.15) is 5.10 Å². The highest BCUT2D eigenvalue weighted by atomic mass is 35.5. The van der Waals surface area contributed by atoms with Gasteiger partial charge in [-0.3, -0.25) is 10.1 Å². The number of pyridine rings is 1. The Kier molecular flexibility index (Phi) is 4.06. The quantitative estimate of drug-likeness (QED) is 0.304. The van der Waals surface area contributed by atoms with Gasteiger partial charge in [0.05, 0.1) is 12.3 Å². The number of amidine groups is 1. The van der Waals surface area contributed by atoms with E-state index in [1.54, 1.807) is 18.2 Å². The van der Waals surface area contributed by atoms with Gasteiger partial charge in [-0.1, -0.05) is 17.7 Å². The molecular formula is C11H8ClN5O3. The smallest absolute Gasteiger partial charge is 0.400 e. The Hall–Kier alpha value is -2.74. The summed E-state index contributed by atoms with van der Waals surface area (Å²) in [6, 6.07) is 7.51. The number of aromatic nitrogens is 1. The summed E-state index contributed by atoms with van der Waals surface area (Å²) in [5.41, 5.74) is 6.03. The first kappa shape index (κ1) is 13.7. The number of nitro groups is 1. The van der Waals surface area contributed by atoms with Gasteiger partial charge in [0.25, 0.3) is 0 Å². The molecule has 0 aliphatic rings. The molecule has 0 aromatic carbocycles. The highest BCUT2D eigenvalue weighted by Crippen LogP contribution is 2.13. The van der Waals surface area contributed by atoms with Crippen molar-refractivity contribution in [2.75, 3.05) is 0 Å². The molecule has 0 bridgehead atoms. The van der Waals surface area contributed by atoms with Crippen molar-refractivity contribution in [1.29, 1.82) is 0 Å². The zero-order valence-corrected chi connectivity index (χ0v) is 10.7. The third kappa shape index (κ3) is 3.39. The maximum Gasteiger partial charge on any atom is 0.433 e. The number of halogens is 1. The summed E-state index contributed by atoms with van der Waals surface area (Å²) in [6.07, 6.45) is 1.20. The first-order chi connectivity index (χ1) is 9.56. The maximum absolute atomic E-state index is 10.4. The minimum Gasteiger partial charge on any atom is -0.400 e. The predicted molar refractivity (Wildman–Crippen MR) is 72.9 cm³/mol. The summed E-state index contributed by atoms with van der Waals surface area (Å²) in [7, 11) is 0. The van der Waals surface area contributed by atoms with Gasteiger partial charge < -0.3 is 10.2 Å². The van der Waals surface area contributed by atoms with Crippen molar-refractivity contribution in [2.45, 2.75) is 0 Å². The molecule has 0 aliphatic heterocycles. The standard InChI is InChI=1S/C11H8ClN5O3/c12-9-3-1-2-8(15-9)11(13)16-14-6-7-4-5-10(20-7)17(18)19/h1-6H,(H2,13,16)/b14-6+. The predicted octanol–water partition coefficient (Wildman–Crippen LogP) is 1.98. The molecule has 0 spiro atoms. The molecule has 0 saturated heterocycles. The Balaban J connectivity index is 2.11. The Morgan fingerprint density at radius 3 is 2.90 bits per heavy atom. The number of furan rings is 1. The highest BCUT2D eigenvalue weighted by molar-refractivity contribution is 6.29. The van der Waals surface area contributed by atoms with Crippen LogP contribution in [0.5, 0.6) is 0 Å². The van der Waals surface area contributed by atoms with Crippen LogP contribution in [-0.2, 0) is 0 Å². The second-order valence-corrected chi connectivity index (χ2v) is 3.90. The van der Waals surface area contributed by atoms with Crippen LogP contribution in [0.2, 0.25) is 5.15 Å². The lowest BCUT2D eigenvalue weighted by molar-refractivity contribution is -0.402. The second kappa shape index (κ2) is 5.93. The van der Waals surface area contributed by atoms with E-state index in [0.29, 0.717) is 5.69 Å². The van der Waals surface area contributed by atoms with Crippen LogP contribution in [0.15, 0.2) is 45.0 Å². The van der Waals surface area contributed by atoms with Gasteiger partial charge >= 0.3 is 5.88 Å². The lowest BCUT2D eigenvalue weighted by atomic mass is 10.3. The fourth-order valence-corrected chi connectivity index (χ4v) is 1.42. The van der Waals surface area contributed by atoms with Crippen molar-refractivity contribution in [3.8, 4) is 0 Å². The number of rotatable bonds is 4. The molecule has 9 heteroatoms. The molecule has 2 heterocycles. The molecular weight excluding hydrogens is 286 g/mol. The Morgan fingerprint density at radius 2 is 2.25 bits per heavy atom. The van der Waals surface area contributed by atoms with E-state index >= 15 is 0 Å². The van der Waals surface area contributed by atoms with Gasteiger partial charge in [0.1, 0.15) is 15.8 Å². The summed E-state index contributed by atoms with van der Waals surface area (Å²) in [5.74, 6) is -0.128. The van der Waals surface area contributed by atoms with E-state index in [0.717, 1.165) is 0 Å². The van der Waals surface area contributed by atoms with Gasteiger partial charge in [-0.25, -0.2) is 4.98 Å². The van der Waals surface area contributed by atoms with E-state index in [9.17, 15) is 10.1 Å². The number of hydrogen-bond donors (Lipinski definition) is 1. The van der Waals surface area contributed by atoms with Crippen LogP contribution < -0.4 is 5.73 Å². The fourth-order valence-electron chi connectivity index (χ4n) is 1.26. The lowest BCUT2D eigenvalue weighted by Crippen LogP contribution is -2.14. The van der Waals surface area contributed by atoms with Gasteiger partial charge in [0.2, 0.25) is 0 Å². The minimum atomic E-state index is -0.648. The zero-order chi connectivity index (χ0) is 14.5. The van der Waals surface area contributed by atoms with Crippen LogP contribution in [0.1, 0.15) is 11.5 Å². The van der Waals surface area contributed by atoms with E-state index in [2.05, 4.69) is 15.2 Å². The van der Waals surface area contributed by atoms with Crippen molar-refractivity contribution in [3.63, 3.8) is 0 Å². The lowest BCUT2D eigenvalue weighted by Gasteiger charge is -1.97. The summed E-state index contributed by atoms with van der Waals surface area (Å²) in [6.45, 7) is 0. The van der Waals surface area contributed by atoms with Gasteiger partial charge in [0.15, 0.2) is 11.6 Å². The Morgan fingerprint density at radius 1 is 1.45 bits per heavy atom. The largest absolute Gasteiger partial charge is 0.433 e. The van der Waals surface area contributed by atoms with E-state index < -0.39 is 4.92 Å². The number of nitrogens with two attached hydrogens (primary N) is 1. The SMILES string of the molecule is N/C(=N\N=C\c1ccc([N+](=O)[O-])o1)c1cccc(Cl)n1. The molecule has 0 radical (unpaired) electrons. The normalized spacial score (nSPS) is 11.9. The van der Waals surface area contributed by atoms with Crippen molar-refractivity contribution in [3.05, 3.63) is 57.1 Å². The van der Waals surface area contributed by atoms with Crippen LogP contribution in [-0.4, -0.2) is 22.0 Å². The Bertz CT molecular complexity index is 695. The van der Waals surface area contributed by atoms with Gasteiger partial charge in [-0.15, -0.1) is 5.10 Å². The van der Waals surface area contributed by atoms with Crippen LogP contribution >= 0.6 is 11.6 Å². The highest BCUT2D eigenvalue weighted by Gasteiger charge is 2.10. The minimum absolute atomic E-state index is 0.0600. The van der Waals surface area contributed by atoms with Crippen LogP contribution in [0.25, 0.3) is 0 Å². The summed E-state index contributed by atoms with van der Waals surface area (Å²) < 4.78 is 4.86. The molecule has 0 aliphatic carbocycles. The summed E-state index contributed by atoms with van der Waals surface area (Å²) >= 11 is 5.71. The molecule has 2 aromatic rings. The molecule has 0 unspecified atom stereocenters. The summed E-state index contributed by atoms with van der Waals surface area (Å²) in [5, 5.41) is 18.1. The molecule has 2 rings (SSSR count). The maximum atomic E-state index is 10.4. The molecule has 2 aromatic heterocycles. The monoisotopic (exact) mass is 293 g/mol. The average Bonchev–Trinajstić information content (AvgIpc) is 2.87. The van der Waals surface area contributed by atoms with Crippen molar-refractivity contribution >= 4 is 29.5 Å². The van der Waals surface area contributed by atoms with Gasteiger partial charge in [-0.05, 0) is 18.2 Å². The third-order valence-electron chi connectivity index (χ3n) is 2.12. The molecule has 102 valence electrons. The second-order valence-electron chi connectivity index (χ2n) is 3.51. The zero-order valence-electron chi connectivity index (χ0n) is 9.93. The van der Waals surface area contributed by atoms with Crippen molar-refractivity contribution < 1.29 is 9.34 Å². The number of hydrogen-bond acceptors (Lipinski definition) is 6. The topological polar surface area (TPSA) is 120 Å². The Labute approximate surface area is 117 Å².